The van der Waals surface area contributed by atoms with Gasteiger partial charge in [0, 0.05) is 36.3 Å². The van der Waals surface area contributed by atoms with E-state index in [9.17, 15) is 9.59 Å². The van der Waals surface area contributed by atoms with Crippen LogP contribution < -0.4 is 21.3 Å². The van der Waals surface area contributed by atoms with Crippen LogP contribution in [0.1, 0.15) is 22.3 Å². The molecule has 8 heteroatoms. The van der Waals surface area contributed by atoms with Crippen molar-refractivity contribution < 1.29 is 18.7 Å². The van der Waals surface area contributed by atoms with Gasteiger partial charge in [-0.25, -0.2) is 4.79 Å². The van der Waals surface area contributed by atoms with Crippen LogP contribution in [0.2, 0.25) is 0 Å². The predicted molar refractivity (Wildman–Crippen MR) is 118 cm³/mol. The molecule has 2 heterocycles. The molecule has 1 unspecified atom stereocenters. The zero-order valence-electron chi connectivity index (χ0n) is 16.9. The second kappa shape index (κ2) is 9.25. The quantitative estimate of drug-likeness (QED) is 0.526. The molecule has 1 fully saturated rings. The van der Waals surface area contributed by atoms with Crippen molar-refractivity contribution in [3.63, 3.8) is 0 Å². The molecule has 4 rings (SSSR count). The Labute approximate surface area is 180 Å². The number of nitrogens with one attached hydrogen (secondary N) is 2. The highest BCUT2D eigenvalue weighted by Gasteiger charge is 2.26. The summed E-state index contributed by atoms with van der Waals surface area (Å²) in [6.07, 6.45) is 3.25. The lowest BCUT2D eigenvalue weighted by molar-refractivity contribution is 0.102. The molecule has 160 valence electrons. The van der Waals surface area contributed by atoms with Crippen molar-refractivity contribution in [2.45, 2.75) is 19.1 Å². The monoisotopic (exact) mass is 420 g/mol. The Morgan fingerprint density at radius 3 is 2.68 bits per heavy atom. The predicted octanol–water partition coefficient (Wildman–Crippen LogP) is 3.62. The molecule has 1 aliphatic rings. The number of anilines is 3. The number of benzene rings is 2. The molecule has 3 aromatic rings. The molecule has 0 radical (unpaired) electrons. The first-order valence-corrected chi connectivity index (χ1v) is 10.0. The number of para-hydroxylation sites is 2. The fourth-order valence-corrected chi connectivity index (χ4v) is 3.45. The van der Waals surface area contributed by atoms with Crippen LogP contribution in [0.5, 0.6) is 0 Å². The molecule has 1 saturated heterocycles. The summed E-state index contributed by atoms with van der Waals surface area (Å²) < 4.78 is 10.5. The Hall–Kier alpha value is -3.94. The zero-order valence-corrected chi connectivity index (χ0v) is 16.9. The molecule has 2 aromatic carbocycles. The number of amides is 2. The van der Waals surface area contributed by atoms with E-state index in [1.165, 1.54) is 0 Å². The lowest BCUT2D eigenvalue weighted by atomic mass is 10.1. The fraction of sp³-hybridized carbons (Fsp3) is 0.217. The van der Waals surface area contributed by atoms with E-state index < -0.39 is 6.09 Å². The van der Waals surface area contributed by atoms with Gasteiger partial charge in [-0.1, -0.05) is 12.1 Å². The topological polar surface area (TPSA) is 110 Å². The van der Waals surface area contributed by atoms with E-state index in [0.717, 1.165) is 24.2 Å². The van der Waals surface area contributed by atoms with Crippen molar-refractivity contribution in [3.05, 3.63) is 78.3 Å². The van der Waals surface area contributed by atoms with Crippen LogP contribution >= 0.6 is 0 Å². The molecule has 31 heavy (non-hydrogen) atoms. The average molecular weight is 420 g/mol. The van der Waals surface area contributed by atoms with Crippen molar-refractivity contribution in [1.29, 1.82) is 0 Å². The van der Waals surface area contributed by atoms with Crippen LogP contribution in [-0.4, -0.2) is 31.2 Å². The number of nitrogen functional groups attached to an aromatic ring is 1. The van der Waals surface area contributed by atoms with Gasteiger partial charge < -0.3 is 30.4 Å². The smallest absolute Gasteiger partial charge is 0.407 e. The summed E-state index contributed by atoms with van der Waals surface area (Å²) in [4.78, 5) is 26.6. The Balaban J connectivity index is 1.28. The number of nitrogens with zero attached hydrogens (tertiary/aromatic N) is 1. The molecule has 0 aliphatic carbocycles. The summed E-state index contributed by atoms with van der Waals surface area (Å²) in [5.41, 5.74) is 9.37. The third-order valence-corrected chi connectivity index (χ3v) is 5.14. The van der Waals surface area contributed by atoms with E-state index in [1.54, 1.807) is 42.9 Å². The number of rotatable bonds is 6. The van der Waals surface area contributed by atoms with Gasteiger partial charge in [-0.2, -0.15) is 0 Å². The van der Waals surface area contributed by atoms with E-state index in [0.29, 0.717) is 30.0 Å². The fourth-order valence-electron chi connectivity index (χ4n) is 3.45. The van der Waals surface area contributed by atoms with E-state index >= 15 is 0 Å². The van der Waals surface area contributed by atoms with Gasteiger partial charge in [-0.15, -0.1) is 0 Å². The van der Waals surface area contributed by atoms with E-state index in [-0.39, 0.29) is 12.0 Å². The summed E-state index contributed by atoms with van der Waals surface area (Å²) in [5, 5.41) is 5.54. The minimum Gasteiger partial charge on any atom is -0.472 e. The van der Waals surface area contributed by atoms with Gasteiger partial charge >= 0.3 is 6.09 Å². The number of alkyl carbamates (subject to hydrolysis) is 1. The minimum absolute atomic E-state index is 0.187. The van der Waals surface area contributed by atoms with Crippen LogP contribution in [0.4, 0.5) is 21.9 Å². The molecule has 4 N–H and O–H groups in total. The van der Waals surface area contributed by atoms with Crippen molar-refractivity contribution >= 4 is 29.1 Å². The summed E-state index contributed by atoms with van der Waals surface area (Å²) >= 11 is 0. The van der Waals surface area contributed by atoms with Crippen LogP contribution in [-0.2, 0) is 11.3 Å². The van der Waals surface area contributed by atoms with Gasteiger partial charge in [0.15, 0.2) is 0 Å². The van der Waals surface area contributed by atoms with Crippen molar-refractivity contribution in [2.75, 3.05) is 29.0 Å². The standard InChI is InChI=1S/C23H24N4O4/c24-20-3-1-2-4-21(20)26-22(28)17-5-7-18(8-6-17)27-11-9-19(14-27)31-23(29)25-13-16-10-12-30-15-16/h1-8,10,12,15,19H,9,11,13-14,24H2,(H,25,29)(H,26,28). The molecule has 0 spiro atoms. The highest BCUT2D eigenvalue weighted by atomic mass is 16.6. The number of hydrogen-bond donors (Lipinski definition) is 3. The molecule has 1 atom stereocenters. The van der Waals surface area contributed by atoms with Crippen molar-refractivity contribution in [1.82, 2.24) is 5.32 Å². The summed E-state index contributed by atoms with van der Waals surface area (Å²) in [6.45, 7) is 1.74. The number of ether oxygens (including phenoxy) is 1. The molecular weight excluding hydrogens is 396 g/mol. The van der Waals surface area contributed by atoms with Crippen LogP contribution in [0.15, 0.2) is 71.5 Å². The third kappa shape index (κ3) is 5.16. The van der Waals surface area contributed by atoms with Gasteiger partial charge in [0.2, 0.25) is 0 Å². The van der Waals surface area contributed by atoms with E-state index in [1.807, 2.05) is 24.3 Å². The highest BCUT2D eigenvalue weighted by Crippen LogP contribution is 2.23. The first-order valence-electron chi connectivity index (χ1n) is 10.0. The lowest BCUT2D eigenvalue weighted by Gasteiger charge is -2.19. The Morgan fingerprint density at radius 1 is 1.13 bits per heavy atom. The number of carbonyl (C=O) groups excluding carboxylic acids is 2. The van der Waals surface area contributed by atoms with Crippen LogP contribution in [0.3, 0.4) is 0 Å². The summed E-state index contributed by atoms with van der Waals surface area (Å²) in [6, 6.07) is 16.3. The van der Waals surface area contributed by atoms with Gasteiger partial charge in [-0.3, -0.25) is 4.79 Å². The maximum atomic E-state index is 12.5. The molecule has 0 bridgehead atoms. The molecule has 8 nitrogen and oxygen atoms in total. The SMILES string of the molecule is Nc1ccccc1NC(=O)c1ccc(N2CCC(OC(=O)NCc3ccoc3)C2)cc1. The Morgan fingerprint density at radius 2 is 1.94 bits per heavy atom. The number of furan rings is 1. The Kier molecular flexibility index (Phi) is 6.07. The Bertz CT molecular complexity index is 1030. The molecule has 1 aromatic heterocycles. The maximum Gasteiger partial charge on any atom is 0.407 e. The first-order chi connectivity index (χ1) is 15.1. The van der Waals surface area contributed by atoms with Crippen molar-refractivity contribution in [2.24, 2.45) is 0 Å². The van der Waals surface area contributed by atoms with Gasteiger partial charge in [0.25, 0.3) is 5.91 Å². The number of carbonyl (C=O) groups is 2. The molecule has 0 saturated carbocycles. The second-order valence-corrected chi connectivity index (χ2v) is 7.34. The second-order valence-electron chi connectivity index (χ2n) is 7.34. The van der Waals surface area contributed by atoms with Crippen LogP contribution in [0.25, 0.3) is 0 Å². The molecular formula is C23H24N4O4. The first kappa shape index (κ1) is 20.3. The maximum absolute atomic E-state index is 12.5. The zero-order chi connectivity index (χ0) is 21.6. The summed E-state index contributed by atoms with van der Waals surface area (Å²) in [7, 11) is 0. The van der Waals surface area contributed by atoms with Crippen LogP contribution in [0, 0.1) is 0 Å². The largest absolute Gasteiger partial charge is 0.472 e. The third-order valence-electron chi connectivity index (χ3n) is 5.14. The van der Waals surface area contributed by atoms with E-state index in [4.69, 9.17) is 14.9 Å². The summed E-state index contributed by atoms with van der Waals surface area (Å²) in [5.74, 6) is -0.221. The minimum atomic E-state index is -0.444. The lowest BCUT2D eigenvalue weighted by Crippen LogP contribution is -2.30. The number of nitrogens with two attached hydrogens (primary N) is 1. The molecule has 1 aliphatic heterocycles. The highest BCUT2D eigenvalue weighted by molar-refractivity contribution is 6.05. The molecule has 2 amide bonds. The van der Waals surface area contributed by atoms with E-state index in [2.05, 4.69) is 15.5 Å². The van der Waals surface area contributed by atoms with Crippen molar-refractivity contribution in [3.8, 4) is 0 Å². The number of hydrogen-bond acceptors (Lipinski definition) is 6. The van der Waals surface area contributed by atoms with Gasteiger partial charge in [0.05, 0.1) is 30.4 Å². The van der Waals surface area contributed by atoms with Gasteiger partial charge in [0.1, 0.15) is 6.10 Å². The normalized spacial score (nSPS) is 15.5. The van der Waals surface area contributed by atoms with Gasteiger partial charge in [-0.05, 0) is 42.5 Å². The average Bonchev–Trinajstić information content (AvgIpc) is 3.46.